The Hall–Kier alpha value is -0.780. The summed E-state index contributed by atoms with van der Waals surface area (Å²) in [5.74, 6) is 0. The number of aliphatic hydroxyl groups is 1. The third-order valence-corrected chi connectivity index (χ3v) is 4.19. The maximum atomic E-state index is 11.1. The first kappa shape index (κ1) is 12.3. The van der Waals surface area contributed by atoms with Crippen LogP contribution in [0.25, 0.3) is 0 Å². The van der Waals surface area contributed by atoms with Crippen LogP contribution >= 0.6 is 11.6 Å². The maximum absolute atomic E-state index is 11.1. The third-order valence-electron chi connectivity index (χ3n) is 1.91. The number of sulfone groups is 1. The maximum Gasteiger partial charge on any atom is 0.167 e. The minimum Gasteiger partial charge on any atom is -0.399 e. The molecular formula is C9H12ClNO3S. The zero-order chi connectivity index (χ0) is 11.6. The van der Waals surface area contributed by atoms with Crippen molar-refractivity contribution >= 4 is 27.1 Å². The Morgan fingerprint density at radius 3 is 2.53 bits per heavy atom. The molecule has 0 aliphatic rings. The highest BCUT2D eigenvalue weighted by Gasteiger charge is 2.27. The summed E-state index contributed by atoms with van der Waals surface area (Å²) >= 11 is 5.62. The molecule has 1 aromatic rings. The van der Waals surface area contributed by atoms with Crippen LogP contribution in [0, 0.1) is 0 Å². The minimum atomic E-state index is -3.49. The van der Waals surface area contributed by atoms with E-state index in [0.29, 0.717) is 11.3 Å². The number of aliphatic hydroxyl groups excluding tert-OH is 1. The molecule has 0 aliphatic carbocycles. The molecule has 0 saturated heterocycles. The van der Waals surface area contributed by atoms with Crippen LogP contribution < -0.4 is 5.73 Å². The molecule has 6 heteroatoms. The quantitative estimate of drug-likeness (QED) is 0.616. The van der Waals surface area contributed by atoms with E-state index < -0.39 is 20.7 Å². The molecule has 3 N–H and O–H groups in total. The van der Waals surface area contributed by atoms with Gasteiger partial charge in [0.25, 0.3) is 0 Å². The smallest absolute Gasteiger partial charge is 0.167 e. The van der Waals surface area contributed by atoms with E-state index >= 15 is 0 Å². The fourth-order valence-corrected chi connectivity index (χ4v) is 1.90. The first-order valence-corrected chi connectivity index (χ1v) is 6.58. The monoisotopic (exact) mass is 249 g/mol. The summed E-state index contributed by atoms with van der Waals surface area (Å²) in [6.07, 6.45) is -0.301. The molecule has 15 heavy (non-hydrogen) atoms. The summed E-state index contributed by atoms with van der Waals surface area (Å²) in [5, 5.41) is 9.68. The van der Waals surface area contributed by atoms with Gasteiger partial charge >= 0.3 is 0 Å². The first-order chi connectivity index (χ1) is 6.82. The Morgan fingerprint density at radius 1 is 1.47 bits per heavy atom. The fourth-order valence-electron chi connectivity index (χ4n) is 1.13. The van der Waals surface area contributed by atoms with E-state index in [1.807, 2.05) is 0 Å². The van der Waals surface area contributed by atoms with E-state index in [1.54, 1.807) is 18.2 Å². The Balaban J connectivity index is 3.00. The molecule has 1 aromatic carbocycles. The van der Waals surface area contributed by atoms with Gasteiger partial charge in [0.2, 0.25) is 0 Å². The molecule has 2 atom stereocenters. The average Bonchev–Trinajstić information content (AvgIpc) is 2.14. The lowest BCUT2D eigenvalue weighted by Gasteiger charge is -2.15. The van der Waals surface area contributed by atoms with Gasteiger partial charge < -0.3 is 10.8 Å². The van der Waals surface area contributed by atoms with Gasteiger partial charge in [0.05, 0.1) is 0 Å². The molecular weight excluding hydrogens is 238 g/mol. The van der Waals surface area contributed by atoms with Crippen molar-refractivity contribution in [3.63, 3.8) is 0 Å². The molecule has 0 unspecified atom stereocenters. The van der Waals surface area contributed by atoms with E-state index in [1.165, 1.54) is 6.07 Å². The SMILES string of the molecule is CS(=O)(=O)[C@H](Cl)[C@H](O)c1cccc(N)c1. The number of nitrogen functional groups attached to an aromatic ring is 1. The second-order valence-electron chi connectivity index (χ2n) is 3.30. The molecule has 0 spiro atoms. The zero-order valence-electron chi connectivity index (χ0n) is 8.09. The van der Waals surface area contributed by atoms with Crippen molar-refractivity contribution in [3.05, 3.63) is 29.8 Å². The molecule has 4 nitrogen and oxygen atoms in total. The number of alkyl halides is 1. The average molecular weight is 250 g/mol. The zero-order valence-corrected chi connectivity index (χ0v) is 9.66. The van der Waals surface area contributed by atoms with E-state index in [2.05, 4.69) is 0 Å². The highest BCUT2D eigenvalue weighted by atomic mass is 35.5. The summed E-state index contributed by atoms with van der Waals surface area (Å²) < 4.78 is 20.9. The van der Waals surface area contributed by atoms with Gasteiger partial charge in [0, 0.05) is 11.9 Å². The van der Waals surface area contributed by atoms with Crippen LogP contribution in [0.3, 0.4) is 0 Å². The highest BCUT2D eigenvalue weighted by Crippen LogP contribution is 2.25. The first-order valence-electron chi connectivity index (χ1n) is 4.19. The van der Waals surface area contributed by atoms with Crippen molar-refractivity contribution in [1.82, 2.24) is 0 Å². The predicted octanol–water partition coefficient (Wildman–Crippen LogP) is 0.912. The number of hydrogen-bond donors (Lipinski definition) is 2. The van der Waals surface area contributed by atoms with Gasteiger partial charge in [-0.25, -0.2) is 8.42 Å². The predicted molar refractivity (Wildman–Crippen MR) is 60.3 cm³/mol. The van der Waals surface area contributed by atoms with Gasteiger partial charge in [-0.05, 0) is 17.7 Å². The number of rotatable bonds is 3. The normalized spacial score (nSPS) is 15.9. The Kier molecular flexibility index (Phi) is 3.59. The molecule has 0 aliphatic heterocycles. The van der Waals surface area contributed by atoms with Crippen molar-refractivity contribution < 1.29 is 13.5 Å². The second-order valence-corrected chi connectivity index (χ2v) is 6.19. The molecule has 0 bridgehead atoms. The van der Waals surface area contributed by atoms with Crippen LogP contribution in [0.4, 0.5) is 5.69 Å². The van der Waals surface area contributed by atoms with Gasteiger partial charge in [-0.2, -0.15) is 0 Å². The minimum absolute atomic E-state index is 0.389. The van der Waals surface area contributed by atoms with Crippen molar-refractivity contribution in [1.29, 1.82) is 0 Å². The van der Waals surface area contributed by atoms with Crippen LogP contribution in [0.1, 0.15) is 11.7 Å². The van der Waals surface area contributed by atoms with Gasteiger partial charge in [-0.1, -0.05) is 12.1 Å². The number of hydrogen-bond acceptors (Lipinski definition) is 4. The number of nitrogens with two attached hydrogens (primary N) is 1. The van der Waals surface area contributed by atoms with E-state index in [-0.39, 0.29) is 0 Å². The van der Waals surface area contributed by atoms with Crippen LogP contribution in [-0.2, 0) is 9.84 Å². The van der Waals surface area contributed by atoms with Crippen molar-refractivity contribution in [3.8, 4) is 0 Å². The lowest BCUT2D eigenvalue weighted by Crippen LogP contribution is -2.21. The van der Waals surface area contributed by atoms with Gasteiger partial charge in [0.15, 0.2) is 14.5 Å². The molecule has 84 valence electrons. The highest BCUT2D eigenvalue weighted by molar-refractivity contribution is 7.92. The Bertz CT molecular complexity index is 446. The van der Waals surface area contributed by atoms with Crippen molar-refractivity contribution in [2.75, 3.05) is 12.0 Å². The van der Waals surface area contributed by atoms with Crippen molar-refractivity contribution in [2.24, 2.45) is 0 Å². The topological polar surface area (TPSA) is 80.4 Å². The van der Waals surface area contributed by atoms with Crippen LogP contribution in [0.15, 0.2) is 24.3 Å². The lowest BCUT2D eigenvalue weighted by molar-refractivity contribution is 0.192. The summed E-state index contributed by atoms with van der Waals surface area (Å²) in [5.41, 5.74) is 6.34. The molecule has 0 fully saturated rings. The number of halogens is 1. The van der Waals surface area contributed by atoms with Gasteiger partial charge in [-0.3, -0.25) is 0 Å². The van der Waals surface area contributed by atoms with E-state index in [4.69, 9.17) is 17.3 Å². The molecule has 0 aromatic heterocycles. The summed E-state index contributed by atoms with van der Waals surface area (Å²) in [6, 6.07) is 6.33. The van der Waals surface area contributed by atoms with E-state index in [0.717, 1.165) is 6.26 Å². The molecule has 0 radical (unpaired) electrons. The summed E-state index contributed by atoms with van der Waals surface area (Å²) in [7, 11) is -3.49. The van der Waals surface area contributed by atoms with Crippen LogP contribution in [0.2, 0.25) is 0 Å². The molecule has 0 saturated carbocycles. The van der Waals surface area contributed by atoms with Crippen LogP contribution in [0.5, 0.6) is 0 Å². The van der Waals surface area contributed by atoms with Gasteiger partial charge in [-0.15, -0.1) is 11.6 Å². The van der Waals surface area contributed by atoms with E-state index in [9.17, 15) is 13.5 Å². The molecule has 0 heterocycles. The molecule has 1 rings (SSSR count). The van der Waals surface area contributed by atoms with Crippen molar-refractivity contribution in [2.45, 2.75) is 10.8 Å². The molecule has 0 amide bonds. The Morgan fingerprint density at radius 2 is 2.07 bits per heavy atom. The number of benzene rings is 1. The van der Waals surface area contributed by atoms with Gasteiger partial charge in [0.1, 0.15) is 6.10 Å². The summed E-state index contributed by atoms with van der Waals surface area (Å²) in [6.45, 7) is 0. The lowest BCUT2D eigenvalue weighted by atomic mass is 10.1. The summed E-state index contributed by atoms with van der Waals surface area (Å²) in [4.78, 5) is 0. The van der Waals surface area contributed by atoms with Crippen LogP contribution in [-0.4, -0.2) is 24.5 Å². The largest absolute Gasteiger partial charge is 0.399 e. The number of anilines is 1. The Labute approximate surface area is 93.6 Å². The fraction of sp³-hybridized carbons (Fsp3) is 0.333. The third kappa shape index (κ3) is 3.09. The standard InChI is InChI=1S/C9H12ClNO3S/c1-15(13,14)9(10)8(12)6-3-2-4-7(11)5-6/h2-5,8-9,12H,11H2,1H3/t8-,9+/m1/s1. The second kappa shape index (κ2) is 4.38.